The summed E-state index contributed by atoms with van der Waals surface area (Å²) in [6.07, 6.45) is 3.08. The van der Waals surface area contributed by atoms with Gasteiger partial charge >= 0.3 is 5.97 Å². The predicted octanol–water partition coefficient (Wildman–Crippen LogP) is 0.0375. The molecule has 0 spiro atoms. The third-order valence-corrected chi connectivity index (χ3v) is 4.64. The smallest absolute Gasteiger partial charge is 0.322 e. The highest BCUT2D eigenvalue weighted by Crippen LogP contribution is 2.24. The van der Waals surface area contributed by atoms with Crippen LogP contribution in [0.1, 0.15) is 19.3 Å². The SMILES string of the molecule is O=C(O)[C@H]1CCCCN1S(=O)(=O)c1ccn[nH]1. The number of carboxylic acid groups (broad SMARTS) is 1. The van der Waals surface area contributed by atoms with Crippen molar-refractivity contribution in [3.8, 4) is 0 Å². The number of aliphatic carboxylic acids is 1. The van der Waals surface area contributed by atoms with E-state index in [-0.39, 0.29) is 11.6 Å². The van der Waals surface area contributed by atoms with Gasteiger partial charge in [-0.05, 0) is 25.3 Å². The van der Waals surface area contributed by atoms with E-state index in [4.69, 9.17) is 5.11 Å². The number of piperidine rings is 1. The monoisotopic (exact) mass is 259 g/mol. The first-order chi connectivity index (χ1) is 8.03. The minimum Gasteiger partial charge on any atom is -0.480 e. The van der Waals surface area contributed by atoms with Gasteiger partial charge in [-0.2, -0.15) is 9.40 Å². The Balaban J connectivity index is 2.34. The van der Waals surface area contributed by atoms with Crippen LogP contribution < -0.4 is 0 Å². The molecule has 0 aliphatic carbocycles. The Kier molecular flexibility index (Phi) is 3.16. The summed E-state index contributed by atoms with van der Waals surface area (Å²) in [6, 6.07) is 0.347. The Morgan fingerprint density at radius 3 is 2.88 bits per heavy atom. The summed E-state index contributed by atoms with van der Waals surface area (Å²) in [5.41, 5.74) is 0. The van der Waals surface area contributed by atoms with Crippen molar-refractivity contribution in [1.29, 1.82) is 0 Å². The molecule has 0 radical (unpaired) electrons. The summed E-state index contributed by atoms with van der Waals surface area (Å²) in [6.45, 7) is 0.234. The number of nitrogens with zero attached hydrogens (tertiary/aromatic N) is 2. The van der Waals surface area contributed by atoms with Crippen molar-refractivity contribution >= 4 is 16.0 Å². The summed E-state index contributed by atoms with van der Waals surface area (Å²) in [5.74, 6) is -1.10. The lowest BCUT2D eigenvalue weighted by molar-refractivity contribution is -0.142. The van der Waals surface area contributed by atoms with Crippen molar-refractivity contribution in [3.63, 3.8) is 0 Å². The van der Waals surface area contributed by atoms with E-state index in [1.54, 1.807) is 0 Å². The fourth-order valence-electron chi connectivity index (χ4n) is 1.95. The Morgan fingerprint density at radius 2 is 2.29 bits per heavy atom. The van der Waals surface area contributed by atoms with E-state index in [9.17, 15) is 13.2 Å². The van der Waals surface area contributed by atoms with E-state index < -0.39 is 22.0 Å². The first-order valence-corrected chi connectivity index (χ1v) is 6.71. The second-order valence-corrected chi connectivity index (χ2v) is 5.75. The molecule has 0 unspecified atom stereocenters. The minimum absolute atomic E-state index is 0.0642. The molecule has 2 N–H and O–H groups in total. The molecule has 1 atom stereocenters. The van der Waals surface area contributed by atoms with E-state index in [1.807, 2.05) is 0 Å². The van der Waals surface area contributed by atoms with Crippen molar-refractivity contribution in [2.75, 3.05) is 6.54 Å². The third-order valence-electron chi connectivity index (χ3n) is 2.80. The highest BCUT2D eigenvalue weighted by atomic mass is 32.2. The minimum atomic E-state index is -3.78. The second kappa shape index (κ2) is 4.46. The molecule has 0 amide bonds. The molecule has 94 valence electrons. The third kappa shape index (κ3) is 2.18. The van der Waals surface area contributed by atoms with Gasteiger partial charge in [0.1, 0.15) is 6.04 Å². The van der Waals surface area contributed by atoms with Gasteiger partial charge in [0.05, 0.1) is 6.20 Å². The van der Waals surface area contributed by atoms with Crippen LogP contribution in [-0.4, -0.2) is 46.6 Å². The van der Waals surface area contributed by atoms with Crippen LogP contribution in [0.15, 0.2) is 17.3 Å². The van der Waals surface area contributed by atoms with Crippen molar-refractivity contribution in [1.82, 2.24) is 14.5 Å². The number of aromatic nitrogens is 2. The average molecular weight is 259 g/mol. The number of nitrogens with one attached hydrogen (secondary N) is 1. The number of hydrogen-bond donors (Lipinski definition) is 2. The van der Waals surface area contributed by atoms with Crippen molar-refractivity contribution in [3.05, 3.63) is 12.3 Å². The van der Waals surface area contributed by atoms with Crippen LogP contribution in [0.2, 0.25) is 0 Å². The number of sulfonamides is 1. The van der Waals surface area contributed by atoms with Crippen LogP contribution in [0.3, 0.4) is 0 Å². The highest BCUT2D eigenvalue weighted by Gasteiger charge is 2.38. The first kappa shape index (κ1) is 12.1. The van der Waals surface area contributed by atoms with Crippen molar-refractivity contribution in [2.24, 2.45) is 0 Å². The zero-order valence-electron chi connectivity index (χ0n) is 9.04. The fourth-order valence-corrected chi connectivity index (χ4v) is 3.51. The molecule has 1 aromatic heterocycles. The maximum absolute atomic E-state index is 12.2. The Morgan fingerprint density at radius 1 is 1.53 bits per heavy atom. The van der Waals surface area contributed by atoms with Crippen molar-refractivity contribution < 1.29 is 18.3 Å². The van der Waals surface area contributed by atoms with Gasteiger partial charge in [-0.3, -0.25) is 9.89 Å². The molecular formula is C9H13N3O4S. The number of H-pyrrole nitrogens is 1. The number of carbonyl (C=O) groups is 1. The standard InChI is InChI=1S/C9H13N3O4S/c13-9(14)7-3-1-2-6-12(7)17(15,16)8-4-5-10-11-8/h4-5,7H,1-3,6H2,(H,10,11)(H,13,14)/t7-/m1/s1. The summed E-state index contributed by atoms with van der Waals surface area (Å²) in [4.78, 5) is 11.0. The summed E-state index contributed by atoms with van der Waals surface area (Å²) in [7, 11) is -3.78. The number of aromatic amines is 1. The Labute approximate surface area is 98.5 Å². The molecule has 17 heavy (non-hydrogen) atoms. The van der Waals surface area contributed by atoms with Crippen molar-refractivity contribution in [2.45, 2.75) is 30.3 Å². The largest absolute Gasteiger partial charge is 0.480 e. The van der Waals surface area contributed by atoms with Gasteiger partial charge in [-0.25, -0.2) is 8.42 Å². The number of hydrogen-bond acceptors (Lipinski definition) is 4. The molecule has 2 heterocycles. The molecule has 1 saturated heterocycles. The van der Waals surface area contributed by atoms with Gasteiger partial charge in [0, 0.05) is 6.54 Å². The molecule has 2 rings (SSSR count). The first-order valence-electron chi connectivity index (χ1n) is 5.27. The van der Waals surface area contributed by atoms with Crippen LogP contribution in [-0.2, 0) is 14.8 Å². The topological polar surface area (TPSA) is 103 Å². The van der Waals surface area contributed by atoms with E-state index in [1.165, 1.54) is 12.3 Å². The molecular weight excluding hydrogens is 246 g/mol. The van der Waals surface area contributed by atoms with Gasteiger partial charge in [0.15, 0.2) is 5.03 Å². The van der Waals surface area contributed by atoms with Gasteiger partial charge in [0.25, 0.3) is 10.0 Å². The van der Waals surface area contributed by atoms with E-state index >= 15 is 0 Å². The Bertz CT molecular complexity index is 496. The number of carboxylic acids is 1. The van der Waals surface area contributed by atoms with Gasteiger partial charge in [-0.1, -0.05) is 0 Å². The van der Waals surface area contributed by atoms with E-state index in [0.29, 0.717) is 12.8 Å². The van der Waals surface area contributed by atoms with Gasteiger partial charge in [-0.15, -0.1) is 0 Å². The molecule has 0 bridgehead atoms. The molecule has 0 aromatic carbocycles. The quantitative estimate of drug-likeness (QED) is 0.797. The zero-order chi connectivity index (χ0) is 12.5. The van der Waals surface area contributed by atoms with E-state index in [2.05, 4.69) is 10.2 Å². The maximum atomic E-state index is 12.2. The molecule has 1 fully saturated rings. The van der Waals surface area contributed by atoms with Crippen LogP contribution in [0, 0.1) is 0 Å². The second-order valence-electron chi connectivity index (χ2n) is 3.89. The fraction of sp³-hybridized carbons (Fsp3) is 0.556. The lowest BCUT2D eigenvalue weighted by Crippen LogP contribution is -2.47. The van der Waals surface area contributed by atoms with Crippen LogP contribution in [0.5, 0.6) is 0 Å². The summed E-state index contributed by atoms with van der Waals surface area (Å²) < 4.78 is 25.3. The summed E-state index contributed by atoms with van der Waals surface area (Å²) in [5, 5.41) is 14.9. The highest BCUT2D eigenvalue weighted by molar-refractivity contribution is 7.89. The van der Waals surface area contributed by atoms with Crippen LogP contribution >= 0.6 is 0 Å². The molecule has 7 nitrogen and oxygen atoms in total. The molecule has 1 aliphatic heterocycles. The molecule has 1 aromatic rings. The molecule has 8 heteroatoms. The normalized spacial score (nSPS) is 22.5. The predicted molar refractivity (Wildman–Crippen MR) is 57.8 cm³/mol. The maximum Gasteiger partial charge on any atom is 0.322 e. The lowest BCUT2D eigenvalue weighted by Gasteiger charge is -2.31. The zero-order valence-corrected chi connectivity index (χ0v) is 9.85. The molecule has 1 aliphatic rings. The lowest BCUT2D eigenvalue weighted by atomic mass is 10.1. The van der Waals surface area contributed by atoms with Crippen LogP contribution in [0.4, 0.5) is 0 Å². The molecule has 0 saturated carbocycles. The van der Waals surface area contributed by atoms with E-state index in [0.717, 1.165) is 10.7 Å². The van der Waals surface area contributed by atoms with Gasteiger partial charge < -0.3 is 5.11 Å². The average Bonchev–Trinajstić information content (AvgIpc) is 2.83. The van der Waals surface area contributed by atoms with Crippen LogP contribution in [0.25, 0.3) is 0 Å². The van der Waals surface area contributed by atoms with Gasteiger partial charge in [0.2, 0.25) is 0 Å². The summed E-state index contributed by atoms with van der Waals surface area (Å²) >= 11 is 0. The number of rotatable bonds is 3. The Hall–Kier alpha value is -1.41.